The lowest BCUT2D eigenvalue weighted by Crippen LogP contribution is -2.24. The van der Waals surface area contributed by atoms with Crippen LogP contribution in [0.4, 0.5) is 4.39 Å². The lowest BCUT2D eigenvalue weighted by molar-refractivity contribution is 0.409. The molecule has 0 saturated heterocycles. The molecule has 5 heteroatoms. The average Bonchev–Trinajstić information content (AvgIpc) is 2.84. The second-order valence-electron chi connectivity index (χ2n) is 5.87. The highest BCUT2D eigenvalue weighted by atomic mass is 19.1. The van der Waals surface area contributed by atoms with Crippen LogP contribution in [0.25, 0.3) is 11.0 Å². The van der Waals surface area contributed by atoms with E-state index in [1.165, 1.54) is 12.1 Å². The van der Waals surface area contributed by atoms with Gasteiger partial charge >= 0.3 is 0 Å². The second-order valence-corrected chi connectivity index (χ2v) is 5.87. The Balaban J connectivity index is 1.87. The molecule has 0 unspecified atom stereocenters. The lowest BCUT2D eigenvalue weighted by atomic mass is 10.1. The van der Waals surface area contributed by atoms with Crippen LogP contribution in [0.2, 0.25) is 0 Å². The van der Waals surface area contributed by atoms with E-state index in [1.54, 1.807) is 18.5 Å². The van der Waals surface area contributed by atoms with Gasteiger partial charge in [0.05, 0.1) is 17.4 Å². The smallest absolute Gasteiger partial charge is 0.134 e. The number of nitrogens with one attached hydrogen (secondary N) is 1. The molecule has 23 heavy (non-hydrogen) atoms. The zero-order valence-corrected chi connectivity index (χ0v) is 13.7. The molecule has 0 radical (unpaired) electrons. The van der Waals surface area contributed by atoms with E-state index in [9.17, 15) is 4.39 Å². The fourth-order valence-corrected chi connectivity index (χ4v) is 3.00. The number of furan rings is 1. The fraction of sp³-hybridized carbons (Fsp3) is 0.333. The Morgan fingerprint density at radius 1 is 1.09 bits per heavy atom. The van der Waals surface area contributed by atoms with E-state index < -0.39 is 0 Å². The molecule has 2 atom stereocenters. The number of nitrogens with zero attached hydrogens (tertiary/aromatic N) is 2. The summed E-state index contributed by atoms with van der Waals surface area (Å²) in [4.78, 5) is 8.67. The van der Waals surface area contributed by atoms with Gasteiger partial charge in [-0.15, -0.1) is 0 Å². The van der Waals surface area contributed by atoms with Crippen molar-refractivity contribution in [3.63, 3.8) is 0 Å². The van der Waals surface area contributed by atoms with Crippen molar-refractivity contribution in [2.45, 2.75) is 39.8 Å². The van der Waals surface area contributed by atoms with Crippen LogP contribution in [-0.2, 0) is 0 Å². The topological polar surface area (TPSA) is 51.0 Å². The van der Waals surface area contributed by atoms with Crippen molar-refractivity contribution in [2.75, 3.05) is 0 Å². The van der Waals surface area contributed by atoms with Gasteiger partial charge in [0.15, 0.2) is 0 Å². The third-order valence-corrected chi connectivity index (χ3v) is 4.16. The Hall–Kier alpha value is -2.27. The van der Waals surface area contributed by atoms with Gasteiger partial charge in [0.1, 0.15) is 17.2 Å². The predicted octanol–water partition coefficient (Wildman–Crippen LogP) is 4.39. The van der Waals surface area contributed by atoms with Crippen molar-refractivity contribution in [1.29, 1.82) is 0 Å². The minimum absolute atomic E-state index is 0.0260. The summed E-state index contributed by atoms with van der Waals surface area (Å²) < 4.78 is 19.3. The van der Waals surface area contributed by atoms with Gasteiger partial charge < -0.3 is 4.42 Å². The van der Waals surface area contributed by atoms with Crippen LogP contribution in [0.5, 0.6) is 0 Å². The first kappa shape index (κ1) is 15.6. The zero-order chi connectivity index (χ0) is 16.6. The van der Waals surface area contributed by atoms with Crippen LogP contribution in [0.15, 0.2) is 35.0 Å². The van der Waals surface area contributed by atoms with Crippen LogP contribution in [0.1, 0.15) is 48.6 Å². The van der Waals surface area contributed by atoms with E-state index >= 15 is 0 Å². The molecule has 0 amide bonds. The minimum atomic E-state index is -0.253. The van der Waals surface area contributed by atoms with Crippen LogP contribution in [-0.4, -0.2) is 9.97 Å². The van der Waals surface area contributed by atoms with Gasteiger partial charge in [-0.3, -0.25) is 15.3 Å². The highest BCUT2D eigenvalue weighted by Gasteiger charge is 2.20. The molecule has 0 aliphatic rings. The average molecular weight is 313 g/mol. The number of hydrogen-bond donors (Lipinski definition) is 1. The number of aryl methyl sites for hydroxylation is 2. The maximum absolute atomic E-state index is 13.4. The van der Waals surface area contributed by atoms with Gasteiger partial charge in [-0.1, -0.05) is 0 Å². The third-order valence-electron chi connectivity index (χ3n) is 4.16. The molecule has 0 fully saturated rings. The van der Waals surface area contributed by atoms with E-state index in [1.807, 2.05) is 27.7 Å². The summed E-state index contributed by atoms with van der Waals surface area (Å²) >= 11 is 0. The number of aromatic nitrogens is 2. The molecular weight excluding hydrogens is 293 g/mol. The maximum Gasteiger partial charge on any atom is 0.134 e. The van der Waals surface area contributed by atoms with Crippen molar-refractivity contribution in [2.24, 2.45) is 0 Å². The van der Waals surface area contributed by atoms with Gasteiger partial charge in [0.2, 0.25) is 0 Å². The summed E-state index contributed by atoms with van der Waals surface area (Å²) in [6.07, 6.45) is 3.38. The van der Waals surface area contributed by atoms with E-state index in [4.69, 9.17) is 4.42 Å². The lowest BCUT2D eigenvalue weighted by Gasteiger charge is -2.19. The molecular formula is C18H20FN3O. The van der Waals surface area contributed by atoms with Crippen molar-refractivity contribution >= 4 is 11.0 Å². The minimum Gasteiger partial charge on any atom is -0.459 e. The van der Waals surface area contributed by atoms with Crippen molar-refractivity contribution in [3.05, 3.63) is 59.1 Å². The quantitative estimate of drug-likeness (QED) is 0.776. The van der Waals surface area contributed by atoms with E-state index in [-0.39, 0.29) is 17.9 Å². The Labute approximate surface area is 134 Å². The molecule has 0 aliphatic heterocycles. The van der Waals surface area contributed by atoms with Crippen molar-refractivity contribution < 1.29 is 8.81 Å². The largest absolute Gasteiger partial charge is 0.459 e. The van der Waals surface area contributed by atoms with Crippen molar-refractivity contribution in [1.82, 2.24) is 15.3 Å². The molecule has 0 aliphatic carbocycles. The van der Waals surface area contributed by atoms with Crippen LogP contribution in [0.3, 0.4) is 0 Å². The van der Waals surface area contributed by atoms with Gasteiger partial charge in [0, 0.05) is 29.4 Å². The Kier molecular flexibility index (Phi) is 4.13. The zero-order valence-electron chi connectivity index (χ0n) is 13.7. The standard InChI is InChI=1S/C18H20FN3O/c1-10-15-9-14(19)5-6-16(15)23-18(10)13(4)22-12(3)17-11(2)20-7-8-21-17/h5-9,12-13,22H,1-4H3/t12-,13-/m0/s1. The predicted molar refractivity (Wildman–Crippen MR) is 87.6 cm³/mol. The fourth-order valence-electron chi connectivity index (χ4n) is 3.00. The van der Waals surface area contributed by atoms with Crippen LogP contribution < -0.4 is 5.32 Å². The normalized spacial score (nSPS) is 14.1. The molecule has 0 spiro atoms. The van der Waals surface area contributed by atoms with Gasteiger partial charge in [-0.2, -0.15) is 0 Å². The molecule has 0 bridgehead atoms. The summed E-state index contributed by atoms with van der Waals surface area (Å²) in [6.45, 7) is 7.98. The van der Waals surface area contributed by atoms with Gasteiger partial charge in [0.25, 0.3) is 0 Å². The van der Waals surface area contributed by atoms with Crippen molar-refractivity contribution in [3.8, 4) is 0 Å². The maximum atomic E-state index is 13.4. The first-order valence-electron chi connectivity index (χ1n) is 7.69. The van der Waals surface area contributed by atoms with E-state index in [0.717, 1.165) is 28.1 Å². The summed E-state index contributed by atoms with van der Waals surface area (Å²) in [5, 5.41) is 4.30. The Bertz CT molecular complexity index is 843. The molecule has 120 valence electrons. The molecule has 1 N–H and O–H groups in total. The first-order valence-corrected chi connectivity index (χ1v) is 7.69. The molecule has 0 saturated carbocycles. The van der Waals surface area contributed by atoms with E-state index in [2.05, 4.69) is 15.3 Å². The van der Waals surface area contributed by atoms with Crippen LogP contribution in [0, 0.1) is 19.7 Å². The third kappa shape index (κ3) is 2.97. The highest BCUT2D eigenvalue weighted by molar-refractivity contribution is 5.82. The SMILES string of the molecule is Cc1nccnc1[C@H](C)N[C@@H](C)c1oc2ccc(F)cc2c1C. The highest BCUT2D eigenvalue weighted by Crippen LogP contribution is 2.31. The molecule has 3 aromatic rings. The molecule has 2 heterocycles. The number of hydrogen-bond acceptors (Lipinski definition) is 4. The molecule has 2 aromatic heterocycles. The van der Waals surface area contributed by atoms with E-state index in [0.29, 0.717) is 5.58 Å². The number of rotatable bonds is 4. The second kappa shape index (κ2) is 6.08. The van der Waals surface area contributed by atoms with Gasteiger partial charge in [-0.25, -0.2) is 4.39 Å². The summed E-state index contributed by atoms with van der Waals surface area (Å²) in [5.41, 5.74) is 3.49. The summed E-state index contributed by atoms with van der Waals surface area (Å²) in [7, 11) is 0. The monoisotopic (exact) mass is 313 g/mol. The summed E-state index contributed by atoms with van der Waals surface area (Å²) in [6, 6.07) is 4.61. The molecule has 3 rings (SSSR count). The first-order chi connectivity index (χ1) is 11.0. The molecule has 1 aromatic carbocycles. The Morgan fingerprint density at radius 2 is 1.83 bits per heavy atom. The van der Waals surface area contributed by atoms with Crippen LogP contribution >= 0.6 is 0 Å². The number of halogens is 1. The van der Waals surface area contributed by atoms with Gasteiger partial charge in [-0.05, 0) is 45.9 Å². The number of benzene rings is 1. The number of fused-ring (bicyclic) bond motifs is 1. The summed E-state index contributed by atoms with van der Waals surface area (Å²) in [5.74, 6) is 0.566. The molecule has 4 nitrogen and oxygen atoms in total. The Morgan fingerprint density at radius 3 is 2.57 bits per heavy atom.